The van der Waals surface area contributed by atoms with Crippen molar-refractivity contribution in [3.63, 3.8) is 0 Å². The van der Waals surface area contributed by atoms with Crippen LogP contribution in [0.3, 0.4) is 0 Å². The predicted octanol–water partition coefficient (Wildman–Crippen LogP) is 6.00. The third kappa shape index (κ3) is 1.96. The molecule has 2 heterocycles. The van der Waals surface area contributed by atoms with Crippen molar-refractivity contribution < 1.29 is 0 Å². The van der Waals surface area contributed by atoms with Crippen LogP contribution in [0.2, 0.25) is 0 Å². The lowest BCUT2D eigenvalue weighted by atomic mass is 9.91. The molecule has 1 N–H and O–H groups in total. The lowest BCUT2D eigenvalue weighted by Crippen LogP contribution is -2.42. The van der Waals surface area contributed by atoms with Gasteiger partial charge < -0.3 is 5.32 Å². The minimum absolute atomic E-state index is 0.458. The number of fused-ring (bicyclic) bond motifs is 6. The van der Waals surface area contributed by atoms with Gasteiger partial charge in [-0.3, -0.25) is 4.57 Å². The van der Waals surface area contributed by atoms with E-state index in [2.05, 4.69) is 108 Å². The fourth-order valence-electron chi connectivity index (χ4n) is 4.60. The van der Waals surface area contributed by atoms with Gasteiger partial charge in [0.25, 0.3) is 0 Å². The van der Waals surface area contributed by atoms with Gasteiger partial charge in [-0.1, -0.05) is 66.7 Å². The third-order valence-corrected chi connectivity index (χ3v) is 5.87. The number of hydrogen-bond acceptors (Lipinski definition) is 2. The largest absolute Gasteiger partial charge is 0.358 e. The van der Waals surface area contributed by atoms with Crippen LogP contribution < -0.4 is 5.32 Å². The molecule has 3 nitrogen and oxygen atoms in total. The minimum atomic E-state index is -0.458. The van der Waals surface area contributed by atoms with E-state index >= 15 is 0 Å². The first-order chi connectivity index (χ1) is 13.8. The Labute approximate surface area is 163 Å². The van der Waals surface area contributed by atoms with E-state index in [9.17, 15) is 0 Å². The molecule has 0 radical (unpaired) electrons. The molecule has 1 atom stereocenters. The molecule has 0 spiro atoms. The SMILES string of the molecule is C[C@]1(c2cccc3ccccc23)Nc2ccccc2-c2nc3ccccc3n21. The van der Waals surface area contributed by atoms with E-state index in [-0.39, 0.29) is 0 Å². The Morgan fingerprint density at radius 2 is 1.54 bits per heavy atom. The van der Waals surface area contributed by atoms with Crippen molar-refractivity contribution in [2.75, 3.05) is 5.32 Å². The molecule has 1 aliphatic heterocycles. The number of imidazole rings is 1. The topological polar surface area (TPSA) is 29.9 Å². The fourth-order valence-corrected chi connectivity index (χ4v) is 4.60. The maximum Gasteiger partial charge on any atom is 0.145 e. The van der Waals surface area contributed by atoms with Crippen molar-refractivity contribution in [3.8, 4) is 11.4 Å². The van der Waals surface area contributed by atoms with Crippen molar-refractivity contribution in [1.82, 2.24) is 9.55 Å². The first-order valence-electron chi connectivity index (χ1n) is 9.59. The van der Waals surface area contributed by atoms with E-state index in [1.54, 1.807) is 0 Å². The van der Waals surface area contributed by atoms with E-state index in [0.717, 1.165) is 28.1 Å². The van der Waals surface area contributed by atoms with Crippen LogP contribution in [0, 0.1) is 0 Å². The Morgan fingerprint density at radius 1 is 0.786 bits per heavy atom. The Bertz CT molecular complexity index is 1360. The molecule has 0 fully saturated rings. The van der Waals surface area contributed by atoms with Gasteiger partial charge in [0, 0.05) is 16.8 Å². The van der Waals surface area contributed by atoms with Crippen LogP contribution in [0.4, 0.5) is 5.69 Å². The van der Waals surface area contributed by atoms with Crippen molar-refractivity contribution in [2.45, 2.75) is 12.6 Å². The molecule has 5 aromatic rings. The summed E-state index contributed by atoms with van der Waals surface area (Å²) in [6.45, 7) is 2.25. The normalized spacial score (nSPS) is 17.9. The number of rotatable bonds is 1. The highest BCUT2D eigenvalue weighted by Crippen LogP contribution is 2.45. The number of nitrogens with one attached hydrogen (secondary N) is 1. The van der Waals surface area contributed by atoms with Crippen LogP contribution in [-0.4, -0.2) is 9.55 Å². The highest BCUT2D eigenvalue weighted by molar-refractivity contribution is 5.91. The number of benzene rings is 4. The molecule has 3 heteroatoms. The van der Waals surface area contributed by atoms with Gasteiger partial charge in [-0.05, 0) is 42.0 Å². The molecule has 0 aliphatic carbocycles. The zero-order valence-electron chi connectivity index (χ0n) is 15.6. The van der Waals surface area contributed by atoms with Crippen LogP contribution in [0.25, 0.3) is 33.2 Å². The Hall–Kier alpha value is -3.59. The van der Waals surface area contributed by atoms with Gasteiger partial charge in [0.05, 0.1) is 11.0 Å². The third-order valence-electron chi connectivity index (χ3n) is 5.87. The average Bonchev–Trinajstić information content (AvgIpc) is 3.14. The number of para-hydroxylation sites is 3. The maximum absolute atomic E-state index is 5.02. The second-order valence-electron chi connectivity index (χ2n) is 7.53. The van der Waals surface area contributed by atoms with Crippen LogP contribution in [-0.2, 0) is 5.66 Å². The summed E-state index contributed by atoms with van der Waals surface area (Å²) in [5.74, 6) is 1.01. The number of aromatic nitrogens is 2. The molecule has 0 amide bonds. The number of nitrogens with zero attached hydrogens (tertiary/aromatic N) is 2. The Balaban J connectivity index is 1.76. The lowest BCUT2D eigenvalue weighted by molar-refractivity contribution is 0.467. The lowest BCUT2D eigenvalue weighted by Gasteiger charge is -2.40. The number of anilines is 1. The van der Waals surface area contributed by atoms with Crippen molar-refractivity contribution in [1.29, 1.82) is 0 Å². The van der Waals surface area contributed by atoms with E-state index in [0.29, 0.717) is 0 Å². The molecular weight excluding hydrogens is 342 g/mol. The van der Waals surface area contributed by atoms with E-state index < -0.39 is 5.66 Å². The van der Waals surface area contributed by atoms with E-state index in [1.807, 2.05) is 0 Å². The summed E-state index contributed by atoms with van der Waals surface area (Å²) in [5, 5.41) is 6.34. The summed E-state index contributed by atoms with van der Waals surface area (Å²) in [6.07, 6.45) is 0. The molecule has 134 valence electrons. The zero-order valence-corrected chi connectivity index (χ0v) is 15.6. The van der Waals surface area contributed by atoms with Gasteiger partial charge in [0.1, 0.15) is 11.5 Å². The van der Waals surface area contributed by atoms with Crippen LogP contribution in [0.1, 0.15) is 12.5 Å². The Kier molecular flexibility index (Phi) is 3.01. The van der Waals surface area contributed by atoms with Gasteiger partial charge in [-0.15, -0.1) is 0 Å². The van der Waals surface area contributed by atoms with Gasteiger partial charge >= 0.3 is 0 Å². The van der Waals surface area contributed by atoms with Crippen molar-refractivity contribution >= 4 is 27.5 Å². The highest BCUT2D eigenvalue weighted by atomic mass is 15.3. The smallest absolute Gasteiger partial charge is 0.145 e. The summed E-state index contributed by atoms with van der Waals surface area (Å²) < 4.78 is 2.35. The molecule has 28 heavy (non-hydrogen) atoms. The zero-order chi connectivity index (χ0) is 18.7. The molecule has 0 bridgehead atoms. The standard InChI is InChI=1S/C25H19N3/c1-25(20-13-8-10-17-9-2-3-11-18(17)20)27-21-14-5-4-12-19(21)24-26-22-15-6-7-16-23(22)28(24)25/h2-16,27H,1H3/t25-/m0/s1. The Morgan fingerprint density at radius 3 is 2.50 bits per heavy atom. The minimum Gasteiger partial charge on any atom is -0.358 e. The maximum atomic E-state index is 5.02. The summed E-state index contributed by atoms with van der Waals surface area (Å²) in [5.41, 5.74) is 5.18. The number of hydrogen-bond donors (Lipinski definition) is 1. The first-order valence-corrected chi connectivity index (χ1v) is 9.59. The fraction of sp³-hybridized carbons (Fsp3) is 0.0800. The van der Waals surface area contributed by atoms with Gasteiger partial charge in [0.2, 0.25) is 0 Å². The predicted molar refractivity (Wildman–Crippen MR) is 115 cm³/mol. The van der Waals surface area contributed by atoms with Crippen LogP contribution in [0.5, 0.6) is 0 Å². The van der Waals surface area contributed by atoms with Crippen molar-refractivity contribution in [3.05, 3.63) is 96.6 Å². The quantitative estimate of drug-likeness (QED) is 0.397. The summed E-state index contributed by atoms with van der Waals surface area (Å²) >= 11 is 0. The second kappa shape index (κ2) is 5.46. The molecule has 0 saturated carbocycles. The molecule has 1 aliphatic rings. The van der Waals surface area contributed by atoms with Crippen LogP contribution in [0.15, 0.2) is 91.0 Å². The second-order valence-corrected chi connectivity index (χ2v) is 7.53. The molecule has 0 saturated heterocycles. The molecular formula is C25H19N3. The van der Waals surface area contributed by atoms with Gasteiger partial charge in [-0.25, -0.2) is 4.98 Å². The van der Waals surface area contributed by atoms with E-state index in [1.165, 1.54) is 16.3 Å². The van der Waals surface area contributed by atoms with Gasteiger partial charge in [-0.2, -0.15) is 0 Å². The molecule has 0 unspecified atom stereocenters. The summed E-state index contributed by atoms with van der Waals surface area (Å²) in [7, 11) is 0. The van der Waals surface area contributed by atoms with Crippen LogP contribution >= 0.6 is 0 Å². The monoisotopic (exact) mass is 361 g/mol. The molecule has 6 rings (SSSR count). The summed E-state index contributed by atoms with van der Waals surface area (Å²) in [6, 6.07) is 31.9. The molecule has 1 aromatic heterocycles. The average molecular weight is 361 g/mol. The first kappa shape index (κ1) is 15.5. The highest BCUT2D eigenvalue weighted by Gasteiger charge is 2.38. The van der Waals surface area contributed by atoms with Crippen molar-refractivity contribution in [2.24, 2.45) is 0 Å². The summed E-state index contributed by atoms with van der Waals surface area (Å²) in [4.78, 5) is 5.02. The van der Waals surface area contributed by atoms with E-state index in [4.69, 9.17) is 4.98 Å². The van der Waals surface area contributed by atoms with Gasteiger partial charge in [0.15, 0.2) is 0 Å². The molecule has 4 aromatic carbocycles.